The lowest BCUT2D eigenvalue weighted by Crippen LogP contribution is -2.28. The van der Waals surface area contributed by atoms with Crippen molar-refractivity contribution < 1.29 is 32.8 Å². The fourth-order valence-corrected chi connectivity index (χ4v) is 7.16. The highest BCUT2D eigenvalue weighted by atomic mass is 31.2. The average molecular weight is 760 g/mol. The van der Waals surface area contributed by atoms with Crippen LogP contribution in [0.15, 0.2) is 12.2 Å². The van der Waals surface area contributed by atoms with E-state index in [1.165, 1.54) is 154 Å². The molecule has 3 N–H and O–H groups in total. The molecular weight excluding hydrogens is 673 g/mol. The normalized spacial score (nSPS) is 13.5. The summed E-state index contributed by atoms with van der Waals surface area (Å²) in [4.78, 5) is 22.4. The summed E-state index contributed by atoms with van der Waals surface area (Å²) >= 11 is 0. The predicted molar refractivity (Wildman–Crippen MR) is 220 cm³/mol. The van der Waals surface area contributed by atoms with E-state index in [1.54, 1.807) is 0 Å². The number of carbonyl (C=O) groups is 1. The number of carbonyl (C=O) groups excluding carboxylic acids is 1. The van der Waals surface area contributed by atoms with Crippen LogP contribution in [0.5, 0.6) is 0 Å². The lowest BCUT2D eigenvalue weighted by molar-refractivity contribution is -0.154. The van der Waals surface area contributed by atoms with Crippen molar-refractivity contribution in [2.45, 2.75) is 225 Å². The van der Waals surface area contributed by atoms with Gasteiger partial charge in [0.15, 0.2) is 0 Å². The average Bonchev–Trinajstić information content (AvgIpc) is 3.13. The molecule has 2 atom stereocenters. The molecule has 0 spiro atoms. The molecule has 0 rings (SSSR count). The quantitative estimate of drug-likeness (QED) is 0.0273. The first-order chi connectivity index (χ1) is 25.4. The fraction of sp³-hybridized carbons (Fsp3) is 0.930. The largest absolute Gasteiger partial charge is 0.472 e. The Morgan fingerprint density at radius 1 is 0.558 bits per heavy atom. The maximum Gasteiger partial charge on any atom is 0.472 e. The maximum absolute atomic E-state index is 12.5. The number of unbranched alkanes of at least 4 members (excludes halogenated alkanes) is 28. The van der Waals surface area contributed by atoms with E-state index in [-0.39, 0.29) is 32.3 Å². The molecule has 0 fully saturated rings. The molecule has 0 aliphatic carbocycles. The van der Waals surface area contributed by atoms with Gasteiger partial charge in [-0.3, -0.25) is 13.8 Å². The van der Waals surface area contributed by atoms with Crippen molar-refractivity contribution in [3.8, 4) is 0 Å². The Morgan fingerprint density at radius 2 is 0.981 bits per heavy atom. The standard InChI is InChI=1S/C43H86NO7P/c1-3-5-7-9-11-13-15-16-17-18-19-20-21-22-23-24-25-27-29-31-33-35-38-48-40-42(41-50-52(46,47)49-39-37-44)51-43(45)36-34-32-30-28-26-14-12-10-8-6-4-2/h10,12,42H,3-9,11,13-41,44H2,1-2H3,(H,46,47)/b12-10-. The van der Waals surface area contributed by atoms with E-state index in [0.29, 0.717) is 13.0 Å². The van der Waals surface area contributed by atoms with Gasteiger partial charge >= 0.3 is 13.8 Å². The minimum absolute atomic E-state index is 0.0939. The molecule has 0 heterocycles. The number of rotatable bonds is 43. The highest BCUT2D eigenvalue weighted by Crippen LogP contribution is 2.43. The van der Waals surface area contributed by atoms with Gasteiger partial charge in [-0.05, 0) is 32.1 Å². The van der Waals surface area contributed by atoms with Crippen LogP contribution in [-0.2, 0) is 27.9 Å². The Morgan fingerprint density at radius 3 is 1.46 bits per heavy atom. The van der Waals surface area contributed by atoms with Gasteiger partial charge < -0.3 is 20.1 Å². The second kappa shape index (κ2) is 41.4. The number of hydrogen-bond acceptors (Lipinski definition) is 7. The number of ether oxygens (including phenoxy) is 2. The van der Waals surface area contributed by atoms with Gasteiger partial charge in [0.2, 0.25) is 0 Å². The van der Waals surface area contributed by atoms with Gasteiger partial charge in [-0.15, -0.1) is 0 Å². The van der Waals surface area contributed by atoms with E-state index in [0.717, 1.165) is 44.9 Å². The Kier molecular flexibility index (Phi) is 40.8. The van der Waals surface area contributed by atoms with Crippen LogP contribution < -0.4 is 5.73 Å². The number of phosphoric acid groups is 1. The first-order valence-corrected chi connectivity index (χ1v) is 23.7. The zero-order chi connectivity index (χ0) is 38.1. The minimum Gasteiger partial charge on any atom is -0.457 e. The van der Waals surface area contributed by atoms with E-state index in [9.17, 15) is 14.3 Å². The molecule has 8 nitrogen and oxygen atoms in total. The van der Waals surface area contributed by atoms with Crippen LogP contribution >= 0.6 is 7.82 Å². The molecule has 0 amide bonds. The third-order valence-electron chi connectivity index (χ3n) is 9.68. The van der Waals surface area contributed by atoms with Crippen molar-refractivity contribution in [1.82, 2.24) is 0 Å². The maximum atomic E-state index is 12.5. The van der Waals surface area contributed by atoms with E-state index < -0.39 is 13.9 Å². The monoisotopic (exact) mass is 760 g/mol. The Bertz CT molecular complexity index is 812. The van der Waals surface area contributed by atoms with E-state index in [1.807, 2.05) is 0 Å². The van der Waals surface area contributed by atoms with Gasteiger partial charge in [0.05, 0.1) is 19.8 Å². The summed E-state index contributed by atoms with van der Waals surface area (Å²) in [6.07, 6.45) is 43.9. The SMILES string of the molecule is CCCC/C=C\CCCCCCCC(=O)OC(COCCCCCCCCCCCCCCCCCCCCCCCC)COP(=O)(O)OCCN. The molecule has 0 aromatic carbocycles. The summed E-state index contributed by atoms with van der Waals surface area (Å²) in [6, 6.07) is 0. The Balaban J connectivity index is 3.88. The predicted octanol–water partition coefficient (Wildman–Crippen LogP) is 13.1. The molecule has 0 aliphatic heterocycles. The van der Waals surface area contributed by atoms with Gasteiger partial charge in [-0.25, -0.2) is 4.57 Å². The third-order valence-corrected chi connectivity index (χ3v) is 10.7. The first kappa shape index (κ1) is 51.2. The van der Waals surface area contributed by atoms with Crippen molar-refractivity contribution >= 4 is 13.8 Å². The van der Waals surface area contributed by atoms with Gasteiger partial charge in [0.25, 0.3) is 0 Å². The number of allylic oxidation sites excluding steroid dienone is 2. The highest BCUT2D eigenvalue weighted by molar-refractivity contribution is 7.47. The van der Waals surface area contributed by atoms with Crippen LogP contribution in [0, 0.1) is 0 Å². The highest BCUT2D eigenvalue weighted by Gasteiger charge is 2.25. The van der Waals surface area contributed by atoms with Gasteiger partial charge in [0, 0.05) is 19.6 Å². The van der Waals surface area contributed by atoms with Crippen LogP contribution in [0.2, 0.25) is 0 Å². The van der Waals surface area contributed by atoms with E-state index in [4.69, 9.17) is 24.3 Å². The zero-order valence-electron chi connectivity index (χ0n) is 34.3. The molecule has 0 saturated heterocycles. The van der Waals surface area contributed by atoms with Crippen molar-refractivity contribution in [3.63, 3.8) is 0 Å². The van der Waals surface area contributed by atoms with Crippen LogP contribution in [0.4, 0.5) is 0 Å². The summed E-state index contributed by atoms with van der Waals surface area (Å²) in [5.74, 6) is -0.337. The van der Waals surface area contributed by atoms with Crippen LogP contribution in [0.3, 0.4) is 0 Å². The molecule has 0 aromatic rings. The second-order valence-electron chi connectivity index (χ2n) is 14.9. The summed E-state index contributed by atoms with van der Waals surface area (Å²) in [5, 5.41) is 0. The smallest absolute Gasteiger partial charge is 0.457 e. The van der Waals surface area contributed by atoms with E-state index >= 15 is 0 Å². The van der Waals surface area contributed by atoms with Crippen LogP contribution in [-0.4, -0.2) is 49.9 Å². The number of phosphoric ester groups is 1. The lowest BCUT2D eigenvalue weighted by atomic mass is 10.0. The Hall–Kier alpha value is -0.760. The summed E-state index contributed by atoms with van der Waals surface area (Å²) in [5.41, 5.74) is 5.36. The van der Waals surface area contributed by atoms with Crippen molar-refractivity contribution in [2.75, 3.05) is 33.0 Å². The second-order valence-corrected chi connectivity index (χ2v) is 16.4. The molecule has 2 unspecified atom stereocenters. The van der Waals surface area contributed by atoms with Gasteiger partial charge in [0.1, 0.15) is 6.10 Å². The number of esters is 1. The van der Waals surface area contributed by atoms with E-state index in [2.05, 4.69) is 26.0 Å². The number of hydrogen-bond donors (Lipinski definition) is 2. The van der Waals surface area contributed by atoms with Crippen LogP contribution in [0.1, 0.15) is 219 Å². The van der Waals surface area contributed by atoms with Crippen molar-refractivity contribution in [2.24, 2.45) is 5.73 Å². The van der Waals surface area contributed by atoms with Crippen molar-refractivity contribution in [1.29, 1.82) is 0 Å². The fourth-order valence-electron chi connectivity index (χ4n) is 6.39. The van der Waals surface area contributed by atoms with Crippen LogP contribution in [0.25, 0.3) is 0 Å². The molecule has 0 saturated carbocycles. The molecule has 310 valence electrons. The van der Waals surface area contributed by atoms with Gasteiger partial charge in [-0.1, -0.05) is 193 Å². The van der Waals surface area contributed by atoms with Crippen molar-refractivity contribution in [3.05, 3.63) is 12.2 Å². The Labute approximate surface area is 322 Å². The molecule has 0 aliphatic rings. The zero-order valence-corrected chi connectivity index (χ0v) is 35.2. The topological polar surface area (TPSA) is 117 Å². The molecule has 9 heteroatoms. The summed E-state index contributed by atoms with van der Waals surface area (Å²) in [6.45, 7) is 4.91. The first-order valence-electron chi connectivity index (χ1n) is 22.2. The molecule has 0 bridgehead atoms. The molecule has 0 radical (unpaired) electrons. The third kappa shape index (κ3) is 40.4. The molecule has 0 aromatic heterocycles. The summed E-state index contributed by atoms with van der Waals surface area (Å²) in [7, 11) is -4.27. The number of nitrogens with two attached hydrogens (primary N) is 1. The molecular formula is C43H86NO7P. The van der Waals surface area contributed by atoms with Gasteiger partial charge in [-0.2, -0.15) is 0 Å². The molecule has 52 heavy (non-hydrogen) atoms. The summed E-state index contributed by atoms with van der Waals surface area (Å²) < 4.78 is 33.4. The minimum atomic E-state index is -4.27. The lowest BCUT2D eigenvalue weighted by Gasteiger charge is -2.20.